The molecule has 1 heterocycles. The maximum atomic E-state index is 12.5. The molecule has 128 valence electrons. The first-order chi connectivity index (χ1) is 11.4. The van der Waals surface area contributed by atoms with E-state index in [1.165, 1.54) is 6.07 Å². The van der Waals surface area contributed by atoms with Gasteiger partial charge in [-0.25, -0.2) is 13.4 Å². The van der Waals surface area contributed by atoms with Crippen molar-refractivity contribution in [2.75, 3.05) is 11.8 Å². The van der Waals surface area contributed by atoms with E-state index in [9.17, 15) is 8.42 Å². The highest BCUT2D eigenvalue weighted by Gasteiger charge is 2.32. The summed E-state index contributed by atoms with van der Waals surface area (Å²) in [4.78, 5) is 4.36. The second kappa shape index (κ2) is 6.70. The highest BCUT2D eigenvalue weighted by atomic mass is 35.5. The molecule has 2 aromatic rings. The van der Waals surface area contributed by atoms with E-state index in [4.69, 9.17) is 16.3 Å². The number of hydrogen-bond donors (Lipinski definition) is 1. The molecule has 3 rings (SSSR count). The number of benzene rings is 1. The average Bonchev–Trinajstić information content (AvgIpc) is 3.37. The van der Waals surface area contributed by atoms with Crippen molar-refractivity contribution in [3.8, 4) is 0 Å². The van der Waals surface area contributed by atoms with Crippen LogP contribution in [-0.2, 0) is 14.8 Å². The molecule has 1 saturated carbocycles. The number of nitrogens with one attached hydrogen (secondary N) is 1. The van der Waals surface area contributed by atoms with Crippen LogP contribution in [-0.4, -0.2) is 20.5 Å². The molecule has 24 heavy (non-hydrogen) atoms. The molecular formula is C17H19ClN2O3S. The number of aromatic nitrogens is 1. The lowest BCUT2D eigenvalue weighted by Crippen LogP contribution is -2.15. The van der Waals surface area contributed by atoms with E-state index in [0.29, 0.717) is 16.5 Å². The Morgan fingerprint density at radius 3 is 2.62 bits per heavy atom. The summed E-state index contributed by atoms with van der Waals surface area (Å²) in [6.07, 6.45) is 4.00. The van der Waals surface area contributed by atoms with Gasteiger partial charge in [0.25, 0.3) is 10.0 Å². The van der Waals surface area contributed by atoms with Crippen molar-refractivity contribution in [2.24, 2.45) is 5.92 Å². The summed E-state index contributed by atoms with van der Waals surface area (Å²) in [7, 11) is -2.06. The number of methoxy groups -OCH3 is 1. The molecule has 1 atom stereocenters. The van der Waals surface area contributed by atoms with Crippen LogP contribution in [0.25, 0.3) is 0 Å². The number of sulfonamides is 1. The first-order valence-electron chi connectivity index (χ1n) is 7.69. The van der Waals surface area contributed by atoms with Crippen molar-refractivity contribution < 1.29 is 13.2 Å². The predicted octanol–water partition coefficient (Wildman–Crippen LogP) is 3.94. The van der Waals surface area contributed by atoms with Gasteiger partial charge in [-0.05, 0) is 55.0 Å². The van der Waals surface area contributed by atoms with Crippen LogP contribution >= 0.6 is 11.6 Å². The fourth-order valence-electron chi connectivity index (χ4n) is 2.71. The third-order valence-electron chi connectivity index (χ3n) is 4.17. The standard InChI is InChI=1S/C17H19ClN2O3S/c1-11-14(18)4-3-5-15(11)24(21,22)20-16-9-8-13(10-19-16)17(23-2)12-6-7-12/h3-5,8-10,12,17H,6-7H2,1-2H3,(H,19,20). The normalized spacial score (nSPS) is 16.0. The minimum Gasteiger partial charge on any atom is -0.376 e. The number of anilines is 1. The van der Waals surface area contributed by atoms with Crippen molar-refractivity contribution >= 4 is 27.4 Å². The number of nitrogens with zero attached hydrogens (tertiary/aromatic N) is 1. The number of ether oxygens (including phenoxy) is 1. The Morgan fingerprint density at radius 1 is 1.29 bits per heavy atom. The maximum absolute atomic E-state index is 12.5. The van der Waals surface area contributed by atoms with Crippen molar-refractivity contribution in [1.29, 1.82) is 0 Å². The van der Waals surface area contributed by atoms with Crippen LogP contribution in [0.4, 0.5) is 5.82 Å². The number of rotatable bonds is 6. The number of halogens is 1. The van der Waals surface area contributed by atoms with E-state index < -0.39 is 10.0 Å². The monoisotopic (exact) mass is 366 g/mol. The average molecular weight is 367 g/mol. The Bertz CT molecular complexity index is 833. The van der Waals surface area contributed by atoms with E-state index in [1.807, 2.05) is 6.07 Å². The molecule has 0 amide bonds. The third kappa shape index (κ3) is 3.55. The van der Waals surface area contributed by atoms with Crippen molar-refractivity contribution in [3.63, 3.8) is 0 Å². The Kier molecular flexibility index (Phi) is 4.80. The van der Waals surface area contributed by atoms with Crippen LogP contribution < -0.4 is 4.72 Å². The van der Waals surface area contributed by atoms with Crippen LogP contribution in [0.5, 0.6) is 0 Å². The Morgan fingerprint density at radius 2 is 2.04 bits per heavy atom. The van der Waals surface area contributed by atoms with Gasteiger partial charge in [0.15, 0.2) is 0 Å². The molecule has 0 saturated heterocycles. The molecule has 0 bridgehead atoms. The van der Waals surface area contributed by atoms with Gasteiger partial charge in [0.05, 0.1) is 11.0 Å². The third-order valence-corrected chi connectivity index (χ3v) is 6.07. The van der Waals surface area contributed by atoms with Gasteiger partial charge in [-0.2, -0.15) is 0 Å². The van der Waals surface area contributed by atoms with E-state index in [-0.39, 0.29) is 16.8 Å². The van der Waals surface area contributed by atoms with Gasteiger partial charge in [0.2, 0.25) is 0 Å². The van der Waals surface area contributed by atoms with Crippen molar-refractivity contribution in [1.82, 2.24) is 4.98 Å². The van der Waals surface area contributed by atoms with Gasteiger partial charge in [-0.1, -0.05) is 23.7 Å². The van der Waals surface area contributed by atoms with Gasteiger partial charge in [0, 0.05) is 18.3 Å². The largest absolute Gasteiger partial charge is 0.376 e. The molecule has 1 aliphatic carbocycles. The molecule has 1 aliphatic rings. The Labute approximate surface area is 147 Å². The Balaban J connectivity index is 1.81. The maximum Gasteiger partial charge on any atom is 0.263 e. The van der Waals surface area contributed by atoms with Crippen LogP contribution in [0.15, 0.2) is 41.4 Å². The number of pyridine rings is 1. The predicted molar refractivity (Wildman–Crippen MR) is 93.7 cm³/mol. The van der Waals surface area contributed by atoms with Crippen LogP contribution in [0, 0.1) is 12.8 Å². The molecule has 5 nitrogen and oxygen atoms in total. The lowest BCUT2D eigenvalue weighted by molar-refractivity contribution is 0.0843. The topological polar surface area (TPSA) is 68.3 Å². The summed E-state index contributed by atoms with van der Waals surface area (Å²) >= 11 is 6.01. The molecular weight excluding hydrogens is 348 g/mol. The zero-order chi connectivity index (χ0) is 17.3. The van der Waals surface area contributed by atoms with Crippen molar-refractivity contribution in [3.05, 3.63) is 52.7 Å². The summed E-state index contributed by atoms with van der Waals surface area (Å²) < 4.78 is 33.1. The van der Waals surface area contributed by atoms with Crippen LogP contribution in [0.1, 0.15) is 30.1 Å². The molecule has 1 fully saturated rings. The van der Waals surface area contributed by atoms with Gasteiger partial charge in [-0.15, -0.1) is 0 Å². The quantitative estimate of drug-likeness (QED) is 0.840. The van der Waals surface area contributed by atoms with E-state index >= 15 is 0 Å². The second-order valence-corrected chi connectivity index (χ2v) is 8.00. The highest BCUT2D eigenvalue weighted by molar-refractivity contribution is 7.92. The molecule has 1 unspecified atom stereocenters. The molecule has 0 spiro atoms. The Hall–Kier alpha value is -1.63. The SMILES string of the molecule is COC(c1ccc(NS(=O)(=O)c2cccc(Cl)c2C)nc1)C1CC1. The molecule has 1 aromatic heterocycles. The van der Waals surface area contributed by atoms with Gasteiger partial charge in [-0.3, -0.25) is 4.72 Å². The minimum atomic E-state index is -3.74. The summed E-state index contributed by atoms with van der Waals surface area (Å²) in [5, 5.41) is 0.411. The fraction of sp³-hybridized carbons (Fsp3) is 0.353. The molecule has 1 N–H and O–H groups in total. The molecule has 1 aromatic carbocycles. The van der Waals surface area contributed by atoms with Crippen LogP contribution in [0.2, 0.25) is 5.02 Å². The van der Waals surface area contributed by atoms with Gasteiger partial charge >= 0.3 is 0 Å². The van der Waals surface area contributed by atoms with Gasteiger partial charge in [0.1, 0.15) is 5.82 Å². The lowest BCUT2D eigenvalue weighted by atomic mass is 10.1. The van der Waals surface area contributed by atoms with E-state index in [0.717, 1.165) is 18.4 Å². The molecule has 0 radical (unpaired) electrons. The molecule has 0 aliphatic heterocycles. The first kappa shape index (κ1) is 17.2. The second-order valence-electron chi connectivity index (χ2n) is 5.94. The van der Waals surface area contributed by atoms with E-state index in [2.05, 4.69) is 9.71 Å². The van der Waals surface area contributed by atoms with E-state index in [1.54, 1.807) is 38.4 Å². The zero-order valence-corrected chi connectivity index (χ0v) is 15.1. The summed E-state index contributed by atoms with van der Waals surface area (Å²) in [5.74, 6) is 0.803. The smallest absolute Gasteiger partial charge is 0.263 e. The minimum absolute atomic E-state index is 0.0262. The fourth-order valence-corrected chi connectivity index (χ4v) is 4.21. The van der Waals surface area contributed by atoms with Gasteiger partial charge < -0.3 is 4.74 Å². The summed E-state index contributed by atoms with van der Waals surface area (Å²) in [5.41, 5.74) is 1.47. The lowest BCUT2D eigenvalue weighted by Gasteiger charge is -2.15. The zero-order valence-electron chi connectivity index (χ0n) is 13.5. The van der Waals surface area contributed by atoms with Crippen molar-refractivity contribution in [2.45, 2.75) is 30.8 Å². The first-order valence-corrected chi connectivity index (χ1v) is 9.55. The summed E-state index contributed by atoms with van der Waals surface area (Å²) in [6, 6.07) is 8.29. The highest BCUT2D eigenvalue weighted by Crippen LogP contribution is 2.42. The molecule has 7 heteroatoms. The number of hydrogen-bond acceptors (Lipinski definition) is 4. The summed E-state index contributed by atoms with van der Waals surface area (Å²) in [6.45, 7) is 1.67. The van der Waals surface area contributed by atoms with Crippen LogP contribution in [0.3, 0.4) is 0 Å².